The summed E-state index contributed by atoms with van der Waals surface area (Å²) >= 11 is 3.92. The molecule has 6 rings (SSSR count). The fourth-order valence-corrected chi connectivity index (χ4v) is 10.9. The van der Waals surface area contributed by atoms with E-state index in [1.165, 1.54) is 35.6 Å². The lowest BCUT2D eigenvalue weighted by atomic mass is 9.94. The highest BCUT2D eigenvalue weighted by Gasteiger charge is 2.51. The van der Waals surface area contributed by atoms with Crippen LogP contribution in [-0.2, 0) is 27.2 Å². The summed E-state index contributed by atoms with van der Waals surface area (Å²) in [5.41, 5.74) is 3.76. The molecule has 57 heavy (non-hydrogen) atoms. The van der Waals surface area contributed by atoms with Gasteiger partial charge in [0.25, 0.3) is 0 Å². The number of carbonyl (C=O) groups excluding carboxylic acids is 3. The van der Waals surface area contributed by atoms with Gasteiger partial charge in [-0.2, -0.15) is 37.0 Å². The van der Waals surface area contributed by atoms with Gasteiger partial charge in [0, 0.05) is 70.5 Å². The fourth-order valence-electron chi connectivity index (χ4n) is 8.13. The van der Waals surface area contributed by atoms with Crippen molar-refractivity contribution >= 4 is 54.6 Å². The van der Waals surface area contributed by atoms with E-state index in [1.807, 2.05) is 75.9 Å². The topological polar surface area (TPSA) is 116 Å². The number of Topliss-reactive ketones (excluding diaryl/α,β-unsaturated/α-hetero) is 1. The van der Waals surface area contributed by atoms with Crippen LogP contribution in [0.4, 0.5) is 0 Å². The third-order valence-corrected chi connectivity index (χ3v) is 15.1. The molecule has 13 heteroatoms. The monoisotopic (exact) mass is 850 g/mol. The minimum Gasteiger partial charge on any atom is -0.299 e. The van der Waals surface area contributed by atoms with Crippen molar-refractivity contribution in [2.45, 2.75) is 177 Å². The number of aryl methyl sites for hydroxylation is 1. The van der Waals surface area contributed by atoms with Crippen molar-refractivity contribution in [2.24, 2.45) is 47.3 Å². The number of fused-ring (bicyclic) bond motifs is 2. The first kappa shape index (κ1) is 51.3. The van der Waals surface area contributed by atoms with Crippen LogP contribution in [0, 0.1) is 47.3 Å². The smallest absolute Gasteiger partial charge is 0.233 e. The van der Waals surface area contributed by atoms with Crippen molar-refractivity contribution in [3.05, 3.63) is 23.3 Å². The summed E-state index contributed by atoms with van der Waals surface area (Å²) in [6.07, 6.45) is 7.42. The Hall–Kier alpha value is -1.86. The van der Waals surface area contributed by atoms with Crippen molar-refractivity contribution in [3.8, 4) is 0 Å². The zero-order chi connectivity index (χ0) is 42.2. The Morgan fingerprint density at radius 2 is 1.30 bits per heavy atom. The van der Waals surface area contributed by atoms with E-state index in [0.29, 0.717) is 40.7 Å². The van der Waals surface area contributed by atoms with Crippen LogP contribution in [0.3, 0.4) is 0 Å². The van der Waals surface area contributed by atoms with Crippen LogP contribution in [-0.4, -0.2) is 80.5 Å². The number of hydrogen-bond acceptors (Lipinski definition) is 9. The zero-order valence-corrected chi connectivity index (χ0v) is 40.9. The second-order valence-electron chi connectivity index (χ2n) is 18.7. The van der Waals surface area contributed by atoms with Crippen LogP contribution in [0.1, 0.15) is 165 Å². The van der Waals surface area contributed by atoms with E-state index in [9.17, 15) is 14.4 Å². The molecule has 1 saturated carbocycles. The fraction of sp³-hybridized carbons (Fsp3) is 0.841. The third kappa shape index (κ3) is 14.1. The maximum atomic E-state index is 11.8. The average molecular weight is 850 g/mol. The molecule has 2 aliphatic carbocycles. The van der Waals surface area contributed by atoms with Crippen LogP contribution in [0.15, 0.2) is 6.20 Å². The standard InChI is InChI=1S/C15H25N3.C11H20OS2.C10H17NO2.C8H15N3.H2S/c1-9(2)15-11-5-7-13-14(8-6-12(11)15)18(10(3)4)17-16-13;1-7(2)11(12)10-5-13-8(3)9(4)14-6-10;1-6(2)8-5-9(12)11(7(3)4)10(8)13;1-6(2)8-5-11(7(3)4)10-9-8;/h9-12,15H,5-8H2,1-4H3;7-10H,5-6H2,1-4H3;6-8H,5H2,1-4H3;5-7H,1-4H3;1H2. The largest absolute Gasteiger partial charge is 0.299 e. The molecule has 2 amide bonds. The second-order valence-corrected chi connectivity index (χ2v) is 21.5. The summed E-state index contributed by atoms with van der Waals surface area (Å²) < 4.78 is 4.03. The highest BCUT2D eigenvalue weighted by Crippen LogP contribution is 2.56. The van der Waals surface area contributed by atoms with Gasteiger partial charge in [-0.05, 0) is 103 Å². The molecular weight excluding hydrogens is 771 g/mol. The van der Waals surface area contributed by atoms with Gasteiger partial charge in [-0.1, -0.05) is 79.7 Å². The summed E-state index contributed by atoms with van der Waals surface area (Å²) in [4.78, 5) is 36.4. The van der Waals surface area contributed by atoms with Gasteiger partial charge in [-0.25, -0.2) is 9.36 Å². The minimum atomic E-state index is -0.0881. The Morgan fingerprint density at radius 3 is 1.68 bits per heavy atom. The normalized spacial score (nSPS) is 25.8. The molecule has 6 atom stereocenters. The lowest BCUT2D eigenvalue weighted by molar-refractivity contribution is -0.141. The molecular formula is C44H79N7O3S3. The summed E-state index contributed by atoms with van der Waals surface area (Å²) in [7, 11) is 0. The van der Waals surface area contributed by atoms with Crippen molar-refractivity contribution < 1.29 is 14.4 Å². The minimum absolute atomic E-state index is 0. The predicted octanol–water partition coefficient (Wildman–Crippen LogP) is 9.86. The van der Waals surface area contributed by atoms with Gasteiger partial charge in [-0.15, -0.1) is 10.2 Å². The van der Waals surface area contributed by atoms with E-state index in [-0.39, 0.29) is 55.0 Å². The molecule has 0 spiro atoms. The van der Waals surface area contributed by atoms with Crippen molar-refractivity contribution in [3.63, 3.8) is 0 Å². The Kier molecular flexibility index (Phi) is 20.9. The van der Waals surface area contributed by atoms with Gasteiger partial charge in [0.1, 0.15) is 5.78 Å². The number of nitrogens with zero attached hydrogens (tertiary/aromatic N) is 7. The molecule has 0 radical (unpaired) electrons. The number of hydrogen-bond donors (Lipinski definition) is 0. The Morgan fingerprint density at radius 1 is 0.737 bits per heavy atom. The molecule has 2 aromatic heterocycles. The van der Waals surface area contributed by atoms with E-state index >= 15 is 0 Å². The van der Waals surface area contributed by atoms with Gasteiger partial charge in [0.2, 0.25) is 11.8 Å². The first-order valence-corrected chi connectivity index (χ1v) is 23.7. The SMILES string of the molecule is CC(C)C(=O)C1CSC(C)C(C)SC1.CC(C)C1C2CCc3nnn(C(C)C)c3CCC21.CC(C)C1CC(=O)N(C(C)C)C1=O.CC(C)c1cn(C(C)C)nn1.S. The molecule has 2 aliphatic heterocycles. The van der Waals surface area contributed by atoms with Gasteiger partial charge in [0.15, 0.2) is 0 Å². The van der Waals surface area contributed by atoms with Gasteiger partial charge >= 0.3 is 0 Å². The average Bonchev–Trinajstić information content (AvgIpc) is 3.39. The molecule has 0 bridgehead atoms. The Labute approximate surface area is 361 Å². The molecule has 3 fully saturated rings. The molecule has 4 aliphatic rings. The maximum Gasteiger partial charge on any atom is 0.233 e. The van der Waals surface area contributed by atoms with Gasteiger partial charge in [0.05, 0.1) is 17.1 Å². The first-order valence-electron chi connectivity index (χ1n) is 21.6. The molecule has 0 aromatic carbocycles. The molecule has 326 valence electrons. The van der Waals surface area contributed by atoms with Gasteiger partial charge in [-0.3, -0.25) is 19.3 Å². The Balaban J connectivity index is 0.000000265. The number of rotatable bonds is 8. The number of thioether (sulfide) groups is 2. The predicted molar refractivity (Wildman–Crippen MR) is 244 cm³/mol. The number of carbonyl (C=O) groups is 3. The number of likely N-dealkylation sites (tertiary alicyclic amines) is 1. The number of amides is 2. The molecule has 0 N–H and O–H groups in total. The van der Waals surface area contributed by atoms with Crippen molar-refractivity contribution in [1.82, 2.24) is 34.9 Å². The summed E-state index contributed by atoms with van der Waals surface area (Å²) in [6, 6.07) is 0.857. The number of ketones is 1. The zero-order valence-electron chi connectivity index (χ0n) is 38.3. The van der Waals surface area contributed by atoms with Crippen LogP contribution in [0.25, 0.3) is 0 Å². The molecule has 2 saturated heterocycles. The van der Waals surface area contributed by atoms with E-state index in [4.69, 9.17) is 0 Å². The van der Waals surface area contributed by atoms with E-state index in [2.05, 4.69) is 94.5 Å². The van der Waals surface area contributed by atoms with E-state index in [0.717, 1.165) is 47.3 Å². The lowest BCUT2D eigenvalue weighted by Crippen LogP contribution is -2.37. The first-order chi connectivity index (χ1) is 26.2. The number of aromatic nitrogens is 6. The maximum absolute atomic E-state index is 11.8. The summed E-state index contributed by atoms with van der Waals surface area (Å²) in [5, 5.41) is 18.2. The summed E-state index contributed by atoms with van der Waals surface area (Å²) in [6.45, 7) is 33.9. The Bertz CT molecular complexity index is 1520. The quantitative estimate of drug-likeness (QED) is 0.240. The van der Waals surface area contributed by atoms with Crippen molar-refractivity contribution in [1.29, 1.82) is 0 Å². The van der Waals surface area contributed by atoms with E-state index < -0.39 is 0 Å². The van der Waals surface area contributed by atoms with E-state index in [1.54, 1.807) is 0 Å². The molecule has 10 nitrogen and oxygen atoms in total. The molecule has 2 aromatic rings. The number of imide groups is 1. The third-order valence-electron chi connectivity index (χ3n) is 11.9. The van der Waals surface area contributed by atoms with Crippen LogP contribution in [0.2, 0.25) is 0 Å². The molecule has 4 heterocycles. The van der Waals surface area contributed by atoms with Gasteiger partial charge < -0.3 is 0 Å². The van der Waals surface area contributed by atoms with Crippen LogP contribution < -0.4 is 0 Å². The second kappa shape index (κ2) is 23.2. The van der Waals surface area contributed by atoms with Crippen molar-refractivity contribution in [2.75, 3.05) is 11.5 Å². The highest BCUT2D eigenvalue weighted by molar-refractivity contribution is 8.04. The molecule has 6 unspecified atom stereocenters. The summed E-state index contributed by atoms with van der Waals surface area (Å²) in [5.74, 6) is 7.42. The highest BCUT2D eigenvalue weighted by atomic mass is 32.2. The van der Waals surface area contributed by atoms with Crippen LogP contribution in [0.5, 0.6) is 0 Å². The van der Waals surface area contributed by atoms with Crippen LogP contribution >= 0.6 is 37.0 Å². The lowest BCUT2D eigenvalue weighted by Gasteiger charge is -2.19.